The van der Waals surface area contributed by atoms with Crippen molar-refractivity contribution in [2.45, 2.75) is 6.54 Å². The Morgan fingerprint density at radius 2 is 2.18 bits per heavy atom. The molecule has 1 aromatic carbocycles. The van der Waals surface area contributed by atoms with Crippen molar-refractivity contribution in [3.8, 4) is 6.07 Å². The van der Waals surface area contributed by atoms with Crippen LogP contribution in [-0.4, -0.2) is 10.9 Å². The van der Waals surface area contributed by atoms with E-state index in [1.54, 1.807) is 24.4 Å². The van der Waals surface area contributed by atoms with E-state index in [9.17, 15) is 10.1 Å². The van der Waals surface area contributed by atoms with Crippen LogP contribution in [0, 0.1) is 11.3 Å². The monoisotopic (exact) mass is 291 g/mol. The van der Waals surface area contributed by atoms with Crippen LogP contribution in [0.25, 0.3) is 17.0 Å². The molecule has 2 N–H and O–H groups in total. The van der Waals surface area contributed by atoms with Crippen LogP contribution in [0.5, 0.6) is 0 Å². The number of nitriles is 1. The number of fused-ring (bicyclic) bond motifs is 1. The molecule has 0 saturated heterocycles. The maximum atomic E-state index is 12.1. The van der Waals surface area contributed by atoms with E-state index in [1.807, 2.05) is 30.3 Å². The topological polar surface area (TPSA) is 81.8 Å². The fourth-order valence-electron chi connectivity index (χ4n) is 2.19. The smallest absolute Gasteiger partial charge is 0.262 e. The van der Waals surface area contributed by atoms with E-state index >= 15 is 0 Å². The molecule has 5 heteroatoms. The third-order valence-electron chi connectivity index (χ3n) is 3.29. The molecule has 3 aromatic rings. The maximum Gasteiger partial charge on any atom is 0.262 e. The highest BCUT2D eigenvalue weighted by molar-refractivity contribution is 6.03. The average Bonchev–Trinajstić information content (AvgIpc) is 3.20. The van der Waals surface area contributed by atoms with Gasteiger partial charge in [-0.15, -0.1) is 0 Å². The quantitative estimate of drug-likeness (QED) is 0.572. The van der Waals surface area contributed by atoms with Gasteiger partial charge in [-0.25, -0.2) is 0 Å². The largest absolute Gasteiger partial charge is 0.467 e. The second kappa shape index (κ2) is 6.02. The summed E-state index contributed by atoms with van der Waals surface area (Å²) in [6.07, 6.45) is 4.90. The number of aromatic nitrogens is 1. The van der Waals surface area contributed by atoms with Gasteiger partial charge in [0, 0.05) is 22.7 Å². The van der Waals surface area contributed by atoms with Crippen molar-refractivity contribution in [2.24, 2.45) is 0 Å². The van der Waals surface area contributed by atoms with Gasteiger partial charge in [0.05, 0.1) is 12.8 Å². The van der Waals surface area contributed by atoms with Gasteiger partial charge in [-0.3, -0.25) is 4.79 Å². The van der Waals surface area contributed by atoms with Crippen molar-refractivity contribution in [2.75, 3.05) is 0 Å². The zero-order valence-electron chi connectivity index (χ0n) is 11.7. The minimum atomic E-state index is -0.427. The number of furan rings is 1. The lowest BCUT2D eigenvalue weighted by atomic mass is 10.1. The SMILES string of the molecule is N#CC(=Cc1c[nH]c2ccccc12)C(=O)NCc1ccco1. The van der Waals surface area contributed by atoms with Crippen LogP contribution in [-0.2, 0) is 11.3 Å². The third-order valence-corrected chi connectivity index (χ3v) is 3.29. The van der Waals surface area contributed by atoms with E-state index in [1.165, 1.54) is 6.26 Å². The predicted octanol–water partition coefficient (Wildman–Crippen LogP) is 2.98. The Labute approximate surface area is 126 Å². The summed E-state index contributed by atoms with van der Waals surface area (Å²) in [5, 5.41) is 12.8. The van der Waals surface area contributed by atoms with Crippen molar-refractivity contribution < 1.29 is 9.21 Å². The minimum absolute atomic E-state index is 0.0521. The number of nitrogens with zero attached hydrogens (tertiary/aromatic N) is 1. The molecule has 0 aliphatic rings. The molecule has 5 nitrogen and oxygen atoms in total. The Morgan fingerprint density at radius 1 is 1.32 bits per heavy atom. The number of para-hydroxylation sites is 1. The van der Waals surface area contributed by atoms with Crippen LogP contribution in [0.2, 0.25) is 0 Å². The first kappa shape index (κ1) is 13.7. The summed E-state index contributed by atoms with van der Waals surface area (Å²) >= 11 is 0. The molecule has 108 valence electrons. The summed E-state index contributed by atoms with van der Waals surface area (Å²) in [6.45, 7) is 0.249. The lowest BCUT2D eigenvalue weighted by Gasteiger charge is -2.01. The molecule has 0 radical (unpaired) electrons. The Bertz CT molecular complexity index is 867. The lowest BCUT2D eigenvalue weighted by Crippen LogP contribution is -2.23. The van der Waals surface area contributed by atoms with Crippen LogP contribution >= 0.6 is 0 Å². The number of benzene rings is 1. The Kier molecular flexibility index (Phi) is 3.75. The van der Waals surface area contributed by atoms with Gasteiger partial charge >= 0.3 is 0 Å². The number of amides is 1. The second-order valence-corrected chi connectivity index (χ2v) is 4.72. The fraction of sp³-hybridized carbons (Fsp3) is 0.0588. The molecule has 22 heavy (non-hydrogen) atoms. The summed E-state index contributed by atoms with van der Waals surface area (Å²) in [5.74, 6) is 0.210. The normalized spacial score (nSPS) is 11.3. The number of carbonyl (C=O) groups excluding carboxylic acids is 1. The molecule has 0 saturated carbocycles. The van der Waals surface area contributed by atoms with Crippen LogP contribution in [0.3, 0.4) is 0 Å². The van der Waals surface area contributed by atoms with Crippen LogP contribution in [0.4, 0.5) is 0 Å². The molecule has 1 amide bonds. The Hall–Kier alpha value is -3.26. The molecule has 0 spiro atoms. The van der Waals surface area contributed by atoms with Gasteiger partial charge in [0.25, 0.3) is 5.91 Å². The molecule has 3 rings (SSSR count). The number of rotatable bonds is 4. The van der Waals surface area contributed by atoms with Crippen molar-refractivity contribution >= 4 is 22.9 Å². The van der Waals surface area contributed by atoms with Gasteiger partial charge in [-0.1, -0.05) is 18.2 Å². The van der Waals surface area contributed by atoms with Crippen LogP contribution < -0.4 is 5.32 Å². The first-order chi connectivity index (χ1) is 10.8. The highest BCUT2D eigenvalue weighted by Crippen LogP contribution is 2.20. The van der Waals surface area contributed by atoms with E-state index in [4.69, 9.17) is 4.42 Å². The second-order valence-electron chi connectivity index (χ2n) is 4.72. The van der Waals surface area contributed by atoms with Crippen molar-refractivity contribution in [1.82, 2.24) is 10.3 Å². The van der Waals surface area contributed by atoms with Gasteiger partial charge < -0.3 is 14.7 Å². The molecule has 0 aliphatic heterocycles. The van der Waals surface area contributed by atoms with Crippen LogP contribution in [0.1, 0.15) is 11.3 Å². The lowest BCUT2D eigenvalue weighted by molar-refractivity contribution is -0.117. The Balaban J connectivity index is 1.81. The van der Waals surface area contributed by atoms with Gasteiger partial charge in [0.15, 0.2) is 0 Å². The van der Waals surface area contributed by atoms with Gasteiger partial charge in [-0.2, -0.15) is 5.26 Å². The zero-order valence-corrected chi connectivity index (χ0v) is 11.7. The average molecular weight is 291 g/mol. The maximum absolute atomic E-state index is 12.1. The van der Waals surface area contributed by atoms with E-state index in [0.717, 1.165) is 16.5 Å². The van der Waals surface area contributed by atoms with Crippen molar-refractivity contribution in [1.29, 1.82) is 5.26 Å². The molecular weight excluding hydrogens is 278 g/mol. The summed E-state index contributed by atoms with van der Waals surface area (Å²) in [6, 6.07) is 13.2. The Morgan fingerprint density at radius 3 is 2.95 bits per heavy atom. The molecule has 0 atom stereocenters. The number of H-pyrrole nitrogens is 1. The van der Waals surface area contributed by atoms with E-state index < -0.39 is 5.91 Å². The van der Waals surface area contributed by atoms with E-state index in [0.29, 0.717) is 5.76 Å². The summed E-state index contributed by atoms with van der Waals surface area (Å²) in [5.41, 5.74) is 1.82. The van der Waals surface area contributed by atoms with Gasteiger partial charge in [0.2, 0.25) is 0 Å². The van der Waals surface area contributed by atoms with Crippen molar-refractivity contribution in [3.05, 3.63) is 65.8 Å². The third kappa shape index (κ3) is 2.76. The molecule has 2 aromatic heterocycles. The van der Waals surface area contributed by atoms with Gasteiger partial charge in [0.1, 0.15) is 17.4 Å². The molecule has 0 aliphatic carbocycles. The molecular formula is C17H13N3O2. The summed E-state index contributed by atoms with van der Waals surface area (Å²) in [7, 11) is 0. The number of hydrogen-bond acceptors (Lipinski definition) is 3. The highest BCUT2D eigenvalue weighted by Gasteiger charge is 2.11. The van der Waals surface area contributed by atoms with E-state index in [2.05, 4.69) is 10.3 Å². The number of nitrogens with one attached hydrogen (secondary N) is 2. The standard InChI is InChI=1S/C17H13N3O2/c18-9-12(17(21)20-11-14-4-3-7-22-14)8-13-10-19-16-6-2-1-5-15(13)16/h1-8,10,19H,11H2,(H,20,21). The van der Waals surface area contributed by atoms with Crippen LogP contribution in [0.15, 0.2) is 58.8 Å². The zero-order chi connectivity index (χ0) is 15.4. The van der Waals surface area contributed by atoms with Gasteiger partial charge in [-0.05, 0) is 24.3 Å². The molecule has 0 fully saturated rings. The number of aromatic amines is 1. The minimum Gasteiger partial charge on any atom is -0.467 e. The summed E-state index contributed by atoms with van der Waals surface area (Å²) in [4.78, 5) is 15.2. The first-order valence-electron chi connectivity index (χ1n) is 6.76. The molecule has 0 unspecified atom stereocenters. The highest BCUT2D eigenvalue weighted by atomic mass is 16.3. The predicted molar refractivity (Wildman–Crippen MR) is 82.4 cm³/mol. The number of carbonyl (C=O) groups is 1. The first-order valence-corrected chi connectivity index (χ1v) is 6.76. The molecule has 0 bridgehead atoms. The van der Waals surface area contributed by atoms with Crippen molar-refractivity contribution in [3.63, 3.8) is 0 Å². The molecule has 2 heterocycles. The van der Waals surface area contributed by atoms with E-state index in [-0.39, 0.29) is 12.1 Å². The number of hydrogen-bond donors (Lipinski definition) is 2. The summed E-state index contributed by atoms with van der Waals surface area (Å²) < 4.78 is 5.14. The fourth-order valence-corrected chi connectivity index (χ4v) is 2.19.